The molecule has 1 aromatic rings. The quantitative estimate of drug-likeness (QED) is 0.876. The lowest BCUT2D eigenvalue weighted by atomic mass is 9.88. The summed E-state index contributed by atoms with van der Waals surface area (Å²) in [5.41, 5.74) is 1.54. The van der Waals surface area contributed by atoms with Gasteiger partial charge in [-0.05, 0) is 38.5 Å². The second kappa shape index (κ2) is 4.69. The molecule has 1 saturated carbocycles. The first kappa shape index (κ1) is 13.0. The summed E-state index contributed by atoms with van der Waals surface area (Å²) in [6.07, 6.45) is 3.84. The topological polar surface area (TPSA) is 24.9 Å². The van der Waals surface area contributed by atoms with Gasteiger partial charge in [0.15, 0.2) is 0 Å². The van der Waals surface area contributed by atoms with E-state index in [1.165, 1.54) is 28.4 Å². The summed E-state index contributed by atoms with van der Waals surface area (Å²) in [5.74, 6) is 0. The summed E-state index contributed by atoms with van der Waals surface area (Å²) in [4.78, 5) is 6.09. The fourth-order valence-electron chi connectivity index (χ4n) is 2.01. The molecule has 2 nitrogen and oxygen atoms in total. The first-order valence-corrected chi connectivity index (χ1v) is 7.37. The van der Waals surface area contributed by atoms with Crippen LogP contribution in [0.4, 0.5) is 0 Å². The van der Waals surface area contributed by atoms with Gasteiger partial charge in [-0.25, -0.2) is 4.98 Å². The maximum atomic E-state index is 4.73. The van der Waals surface area contributed by atoms with Gasteiger partial charge in [-0.15, -0.1) is 11.3 Å². The van der Waals surface area contributed by atoms with E-state index >= 15 is 0 Å². The molecule has 1 unspecified atom stereocenters. The predicted octanol–water partition coefficient (Wildman–Crippen LogP) is 3.99. The molecule has 1 fully saturated rings. The zero-order valence-electron chi connectivity index (χ0n) is 11.6. The number of aromatic nitrogens is 1. The molecule has 0 saturated heterocycles. The third-order valence-electron chi connectivity index (χ3n) is 3.17. The molecule has 17 heavy (non-hydrogen) atoms. The van der Waals surface area contributed by atoms with Gasteiger partial charge in [0.25, 0.3) is 0 Å². The molecule has 0 bridgehead atoms. The second-order valence-corrected chi connectivity index (χ2v) is 7.69. The Bertz CT molecular complexity index is 366. The van der Waals surface area contributed by atoms with Crippen LogP contribution in [0, 0.1) is 19.3 Å². The van der Waals surface area contributed by atoms with E-state index in [0.717, 1.165) is 12.5 Å². The monoisotopic (exact) mass is 252 g/mol. The molecule has 0 radical (unpaired) electrons. The highest BCUT2D eigenvalue weighted by Crippen LogP contribution is 2.35. The molecule has 1 aliphatic carbocycles. The summed E-state index contributed by atoms with van der Waals surface area (Å²) in [6.45, 7) is 11.2. The predicted molar refractivity (Wildman–Crippen MR) is 74.6 cm³/mol. The fourth-order valence-corrected chi connectivity index (χ4v) is 2.99. The maximum Gasteiger partial charge on any atom is 0.110 e. The smallest absolute Gasteiger partial charge is 0.110 e. The van der Waals surface area contributed by atoms with Crippen molar-refractivity contribution < 1.29 is 0 Å². The van der Waals surface area contributed by atoms with E-state index in [4.69, 9.17) is 4.98 Å². The summed E-state index contributed by atoms with van der Waals surface area (Å²) in [7, 11) is 0. The van der Waals surface area contributed by atoms with Crippen LogP contribution >= 0.6 is 11.3 Å². The third kappa shape index (κ3) is 3.78. The highest BCUT2D eigenvalue weighted by molar-refractivity contribution is 7.11. The minimum absolute atomic E-state index is 0.347. The molecule has 3 heteroatoms. The lowest BCUT2D eigenvalue weighted by Crippen LogP contribution is -2.27. The number of hydrogen-bond donors (Lipinski definition) is 1. The lowest BCUT2D eigenvalue weighted by molar-refractivity contribution is 0.309. The van der Waals surface area contributed by atoms with Gasteiger partial charge < -0.3 is 5.32 Å². The molecule has 0 aliphatic heterocycles. The van der Waals surface area contributed by atoms with Gasteiger partial charge in [-0.3, -0.25) is 0 Å². The first-order valence-electron chi connectivity index (χ1n) is 6.55. The van der Waals surface area contributed by atoms with Crippen LogP contribution in [0.15, 0.2) is 0 Å². The Morgan fingerprint density at radius 3 is 2.41 bits per heavy atom. The molecule has 0 aromatic carbocycles. The number of aryl methyl sites for hydroxylation is 2. The Balaban J connectivity index is 2.13. The van der Waals surface area contributed by atoms with E-state index < -0.39 is 0 Å². The van der Waals surface area contributed by atoms with E-state index in [9.17, 15) is 0 Å². The van der Waals surface area contributed by atoms with Crippen molar-refractivity contribution >= 4 is 11.3 Å². The third-order valence-corrected chi connectivity index (χ3v) is 4.36. The molecule has 2 rings (SSSR count). The molecular weight excluding hydrogens is 228 g/mol. The van der Waals surface area contributed by atoms with Crippen LogP contribution in [-0.4, -0.2) is 11.0 Å². The van der Waals surface area contributed by atoms with Crippen molar-refractivity contribution in [2.75, 3.05) is 0 Å². The van der Waals surface area contributed by atoms with Crippen LogP contribution in [0.25, 0.3) is 0 Å². The van der Waals surface area contributed by atoms with Crippen molar-refractivity contribution in [1.82, 2.24) is 10.3 Å². The van der Waals surface area contributed by atoms with Crippen molar-refractivity contribution in [2.45, 2.75) is 66.0 Å². The van der Waals surface area contributed by atoms with Crippen LogP contribution in [0.5, 0.6) is 0 Å². The average Bonchev–Trinajstić information content (AvgIpc) is 2.91. The standard InChI is InChI=1S/C14H24N2S/c1-9-10(2)17-13(15-9)12(8-14(3,4)5)16-11-6-7-11/h11-12,16H,6-8H2,1-5H3. The van der Waals surface area contributed by atoms with Crippen LogP contribution in [-0.2, 0) is 0 Å². The second-order valence-electron chi connectivity index (χ2n) is 6.45. The van der Waals surface area contributed by atoms with Crippen LogP contribution in [0.2, 0.25) is 0 Å². The van der Waals surface area contributed by atoms with Crippen molar-refractivity contribution in [3.05, 3.63) is 15.6 Å². The lowest BCUT2D eigenvalue weighted by Gasteiger charge is -2.25. The van der Waals surface area contributed by atoms with Crippen molar-refractivity contribution in [3.8, 4) is 0 Å². The molecular formula is C14H24N2S. The Morgan fingerprint density at radius 2 is 2.00 bits per heavy atom. The molecule has 1 heterocycles. The Kier molecular flexibility index (Phi) is 3.60. The largest absolute Gasteiger partial charge is 0.305 e. The summed E-state index contributed by atoms with van der Waals surface area (Å²) in [6, 6.07) is 1.19. The van der Waals surface area contributed by atoms with E-state index in [1.54, 1.807) is 0 Å². The molecule has 96 valence electrons. The van der Waals surface area contributed by atoms with Gasteiger partial charge in [0.2, 0.25) is 0 Å². The number of nitrogens with one attached hydrogen (secondary N) is 1. The van der Waals surface area contributed by atoms with Crippen LogP contribution < -0.4 is 5.32 Å². The van der Waals surface area contributed by atoms with Gasteiger partial charge in [-0.1, -0.05) is 20.8 Å². The van der Waals surface area contributed by atoms with Gasteiger partial charge >= 0.3 is 0 Å². The van der Waals surface area contributed by atoms with Crippen molar-refractivity contribution in [3.63, 3.8) is 0 Å². The Hall–Kier alpha value is -0.410. The molecule has 0 spiro atoms. The van der Waals surface area contributed by atoms with Crippen LogP contribution in [0.1, 0.15) is 61.7 Å². The molecule has 1 N–H and O–H groups in total. The van der Waals surface area contributed by atoms with Crippen LogP contribution in [0.3, 0.4) is 0 Å². The van der Waals surface area contributed by atoms with E-state index in [2.05, 4.69) is 39.9 Å². The van der Waals surface area contributed by atoms with E-state index in [1.807, 2.05) is 11.3 Å². The number of rotatable bonds is 4. The average molecular weight is 252 g/mol. The molecule has 1 aromatic heterocycles. The fraction of sp³-hybridized carbons (Fsp3) is 0.786. The molecule has 1 aliphatic rings. The van der Waals surface area contributed by atoms with Gasteiger partial charge in [0, 0.05) is 10.9 Å². The Labute approximate surface area is 109 Å². The SMILES string of the molecule is Cc1nc(C(CC(C)(C)C)NC2CC2)sc1C. The van der Waals surface area contributed by atoms with Crippen molar-refractivity contribution in [2.24, 2.45) is 5.41 Å². The highest BCUT2D eigenvalue weighted by Gasteiger charge is 2.29. The zero-order chi connectivity index (χ0) is 12.6. The molecule has 1 atom stereocenters. The minimum Gasteiger partial charge on any atom is -0.305 e. The number of thiazole rings is 1. The summed E-state index contributed by atoms with van der Waals surface area (Å²) >= 11 is 1.86. The van der Waals surface area contributed by atoms with Crippen molar-refractivity contribution in [1.29, 1.82) is 0 Å². The summed E-state index contributed by atoms with van der Waals surface area (Å²) < 4.78 is 0. The Morgan fingerprint density at radius 1 is 1.35 bits per heavy atom. The summed E-state index contributed by atoms with van der Waals surface area (Å²) in [5, 5.41) is 5.03. The number of nitrogens with zero attached hydrogens (tertiary/aromatic N) is 1. The van der Waals surface area contributed by atoms with Gasteiger partial charge in [0.05, 0.1) is 11.7 Å². The normalized spacial score (nSPS) is 18.4. The highest BCUT2D eigenvalue weighted by atomic mass is 32.1. The molecule has 0 amide bonds. The van der Waals surface area contributed by atoms with Gasteiger partial charge in [-0.2, -0.15) is 0 Å². The zero-order valence-corrected chi connectivity index (χ0v) is 12.4. The van der Waals surface area contributed by atoms with Gasteiger partial charge in [0.1, 0.15) is 5.01 Å². The van der Waals surface area contributed by atoms with E-state index in [0.29, 0.717) is 11.5 Å². The minimum atomic E-state index is 0.347. The maximum absolute atomic E-state index is 4.73. The first-order chi connectivity index (χ1) is 7.85. The van der Waals surface area contributed by atoms with E-state index in [-0.39, 0.29) is 0 Å². The number of hydrogen-bond acceptors (Lipinski definition) is 3.